The van der Waals surface area contributed by atoms with Gasteiger partial charge in [0.15, 0.2) is 0 Å². The van der Waals surface area contributed by atoms with Gasteiger partial charge in [-0.05, 0) is 19.1 Å². The molecule has 1 aliphatic heterocycles. The molecule has 0 aliphatic carbocycles. The van der Waals surface area contributed by atoms with Crippen LogP contribution in [0.25, 0.3) is 5.78 Å². The predicted molar refractivity (Wildman–Crippen MR) is 103 cm³/mol. The van der Waals surface area contributed by atoms with Crippen LogP contribution in [0.5, 0.6) is 0 Å². The summed E-state index contributed by atoms with van der Waals surface area (Å²) in [6.45, 7) is 6.59. The zero-order valence-electron chi connectivity index (χ0n) is 15.7. The molecule has 0 spiro atoms. The number of aromatic nitrogens is 4. The molecule has 1 amide bonds. The number of rotatable bonds is 5. The monoisotopic (exact) mass is 383 g/mol. The highest BCUT2D eigenvalue weighted by molar-refractivity contribution is 5.94. The van der Waals surface area contributed by atoms with E-state index in [1.165, 1.54) is 18.5 Å². The molecule has 1 saturated heterocycles. The molecule has 146 valence electrons. The van der Waals surface area contributed by atoms with Crippen LogP contribution in [0.15, 0.2) is 36.7 Å². The molecule has 8 nitrogen and oxygen atoms in total. The lowest BCUT2D eigenvalue weighted by atomic mass is 10.2. The number of piperazine rings is 1. The van der Waals surface area contributed by atoms with Gasteiger partial charge in [0.1, 0.15) is 18.0 Å². The molecule has 0 bridgehead atoms. The van der Waals surface area contributed by atoms with E-state index in [0.717, 1.165) is 44.2 Å². The molecular weight excluding hydrogens is 361 g/mol. The zero-order chi connectivity index (χ0) is 19.5. The van der Waals surface area contributed by atoms with E-state index in [4.69, 9.17) is 0 Å². The number of anilines is 1. The molecule has 1 aromatic carbocycles. The number of fused-ring (bicyclic) bond motifs is 1. The van der Waals surface area contributed by atoms with E-state index in [0.29, 0.717) is 12.3 Å². The van der Waals surface area contributed by atoms with Gasteiger partial charge in [-0.1, -0.05) is 12.1 Å². The third-order valence-corrected chi connectivity index (χ3v) is 4.89. The van der Waals surface area contributed by atoms with Gasteiger partial charge in [-0.3, -0.25) is 9.69 Å². The quantitative estimate of drug-likeness (QED) is 0.712. The Hall–Kier alpha value is -3.07. The van der Waals surface area contributed by atoms with Crippen molar-refractivity contribution in [3.8, 4) is 0 Å². The van der Waals surface area contributed by atoms with Gasteiger partial charge in [0.2, 0.25) is 0 Å². The van der Waals surface area contributed by atoms with E-state index in [1.54, 1.807) is 16.6 Å². The first-order valence-electron chi connectivity index (χ1n) is 9.29. The van der Waals surface area contributed by atoms with Gasteiger partial charge in [0.25, 0.3) is 11.7 Å². The minimum atomic E-state index is -0.499. The standard InChI is InChI=1S/C19H22FN7O/c1-14-12-17(27-19(24-14)22-13-23-27)26-10-8-25(9-11-26)7-6-21-18(28)15-4-2-3-5-16(15)20/h2-5,12-13H,6-11H2,1H3,(H,21,28). The number of benzene rings is 1. The summed E-state index contributed by atoms with van der Waals surface area (Å²) in [5.74, 6) is 0.721. The molecule has 3 aromatic rings. The van der Waals surface area contributed by atoms with Crippen LogP contribution >= 0.6 is 0 Å². The van der Waals surface area contributed by atoms with Crippen LogP contribution in [0, 0.1) is 12.7 Å². The Kier molecular flexibility index (Phi) is 5.16. The van der Waals surface area contributed by atoms with Gasteiger partial charge in [-0.2, -0.15) is 14.6 Å². The van der Waals surface area contributed by atoms with Crippen molar-refractivity contribution in [2.24, 2.45) is 0 Å². The van der Waals surface area contributed by atoms with Crippen molar-refractivity contribution in [2.45, 2.75) is 6.92 Å². The number of carbonyl (C=O) groups is 1. The van der Waals surface area contributed by atoms with Crippen LogP contribution < -0.4 is 10.2 Å². The van der Waals surface area contributed by atoms with Gasteiger partial charge in [-0.15, -0.1) is 0 Å². The lowest BCUT2D eigenvalue weighted by Gasteiger charge is -2.35. The Bertz CT molecular complexity index is 981. The number of carbonyl (C=O) groups excluding carboxylic acids is 1. The Morgan fingerprint density at radius 2 is 2.00 bits per heavy atom. The van der Waals surface area contributed by atoms with Crippen molar-refractivity contribution in [1.82, 2.24) is 29.8 Å². The van der Waals surface area contributed by atoms with E-state index in [-0.39, 0.29) is 11.5 Å². The fourth-order valence-electron chi connectivity index (χ4n) is 3.41. The zero-order valence-corrected chi connectivity index (χ0v) is 15.7. The summed E-state index contributed by atoms with van der Waals surface area (Å²) in [7, 11) is 0. The molecular formula is C19H22FN7O. The molecule has 3 heterocycles. The first-order valence-corrected chi connectivity index (χ1v) is 9.29. The summed E-state index contributed by atoms with van der Waals surface area (Å²) in [5.41, 5.74) is 0.992. The van der Waals surface area contributed by atoms with Gasteiger partial charge in [0, 0.05) is 51.0 Å². The van der Waals surface area contributed by atoms with Crippen molar-refractivity contribution in [3.63, 3.8) is 0 Å². The lowest BCUT2D eigenvalue weighted by molar-refractivity contribution is 0.0943. The summed E-state index contributed by atoms with van der Waals surface area (Å²) in [5, 5.41) is 7.06. The number of hydrogen-bond acceptors (Lipinski definition) is 6. The van der Waals surface area contributed by atoms with E-state index >= 15 is 0 Å². The number of amides is 1. The number of nitrogens with zero attached hydrogens (tertiary/aromatic N) is 6. The summed E-state index contributed by atoms with van der Waals surface area (Å²) < 4.78 is 15.4. The summed E-state index contributed by atoms with van der Waals surface area (Å²) in [6, 6.07) is 8.03. The maximum atomic E-state index is 13.6. The van der Waals surface area contributed by atoms with Gasteiger partial charge >= 0.3 is 0 Å². The van der Waals surface area contributed by atoms with Crippen molar-refractivity contribution in [1.29, 1.82) is 0 Å². The first kappa shape index (κ1) is 18.3. The highest BCUT2D eigenvalue weighted by Crippen LogP contribution is 2.17. The Morgan fingerprint density at radius 1 is 1.21 bits per heavy atom. The highest BCUT2D eigenvalue weighted by Gasteiger charge is 2.20. The van der Waals surface area contributed by atoms with Gasteiger partial charge in [0.05, 0.1) is 5.56 Å². The van der Waals surface area contributed by atoms with Crippen LogP contribution in [-0.2, 0) is 0 Å². The molecule has 0 radical (unpaired) electrons. The van der Waals surface area contributed by atoms with Gasteiger partial charge < -0.3 is 10.2 Å². The Labute approximate surface area is 162 Å². The van der Waals surface area contributed by atoms with Crippen molar-refractivity contribution in [2.75, 3.05) is 44.2 Å². The topological polar surface area (TPSA) is 78.7 Å². The van der Waals surface area contributed by atoms with Crippen LogP contribution in [0.1, 0.15) is 16.1 Å². The molecule has 2 aromatic heterocycles. The molecule has 1 N–H and O–H groups in total. The van der Waals surface area contributed by atoms with Crippen molar-refractivity contribution < 1.29 is 9.18 Å². The molecule has 4 rings (SSSR count). The van der Waals surface area contributed by atoms with E-state index in [1.807, 2.05) is 13.0 Å². The fourth-order valence-corrected chi connectivity index (χ4v) is 3.41. The SMILES string of the molecule is Cc1cc(N2CCN(CCNC(=O)c3ccccc3F)CC2)n2ncnc2n1. The second-order valence-corrected chi connectivity index (χ2v) is 6.79. The molecule has 0 saturated carbocycles. The van der Waals surface area contributed by atoms with Crippen LogP contribution in [0.4, 0.5) is 10.2 Å². The summed E-state index contributed by atoms with van der Waals surface area (Å²) >= 11 is 0. The van der Waals surface area contributed by atoms with E-state index in [2.05, 4.69) is 30.2 Å². The maximum Gasteiger partial charge on any atom is 0.254 e. The molecule has 0 atom stereocenters. The average molecular weight is 383 g/mol. The molecule has 28 heavy (non-hydrogen) atoms. The first-order chi connectivity index (χ1) is 13.6. The normalized spacial score (nSPS) is 15.1. The average Bonchev–Trinajstić information content (AvgIpc) is 3.16. The number of halogens is 1. The minimum Gasteiger partial charge on any atom is -0.354 e. The Balaban J connectivity index is 1.29. The predicted octanol–water partition coefficient (Wildman–Crippen LogP) is 1.12. The second-order valence-electron chi connectivity index (χ2n) is 6.79. The second kappa shape index (κ2) is 7.89. The summed E-state index contributed by atoms with van der Waals surface area (Å²) in [4.78, 5) is 25.2. The third-order valence-electron chi connectivity index (χ3n) is 4.89. The Morgan fingerprint density at radius 3 is 2.79 bits per heavy atom. The maximum absolute atomic E-state index is 13.6. The molecule has 0 unspecified atom stereocenters. The van der Waals surface area contributed by atoms with Crippen molar-refractivity contribution in [3.05, 3.63) is 53.7 Å². The number of nitrogens with one attached hydrogen (secondary N) is 1. The molecule has 1 fully saturated rings. The van der Waals surface area contributed by atoms with Crippen molar-refractivity contribution >= 4 is 17.5 Å². The van der Waals surface area contributed by atoms with Crippen LogP contribution in [-0.4, -0.2) is 69.7 Å². The van der Waals surface area contributed by atoms with E-state index < -0.39 is 5.82 Å². The van der Waals surface area contributed by atoms with E-state index in [9.17, 15) is 9.18 Å². The van der Waals surface area contributed by atoms with Crippen LogP contribution in [0.3, 0.4) is 0 Å². The number of hydrogen-bond donors (Lipinski definition) is 1. The molecule has 9 heteroatoms. The largest absolute Gasteiger partial charge is 0.354 e. The number of aryl methyl sites for hydroxylation is 1. The highest BCUT2D eigenvalue weighted by atomic mass is 19.1. The van der Waals surface area contributed by atoms with Crippen LogP contribution in [0.2, 0.25) is 0 Å². The molecule has 1 aliphatic rings. The lowest BCUT2D eigenvalue weighted by Crippen LogP contribution is -2.49. The third kappa shape index (κ3) is 3.79. The fraction of sp³-hybridized carbons (Fsp3) is 0.368. The minimum absolute atomic E-state index is 0.0808. The summed E-state index contributed by atoms with van der Waals surface area (Å²) in [6.07, 6.45) is 1.51. The smallest absolute Gasteiger partial charge is 0.254 e. The van der Waals surface area contributed by atoms with Gasteiger partial charge in [-0.25, -0.2) is 9.37 Å².